The van der Waals surface area contributed by atoms with E-state index < -0.39 is 0 Å². The predicted molar refractivity (Wildman–Crippen MR) is 92.4 cm³/mol. The normalized spacial score (nSPS) is 17.5. The molecule has 0 aliphatic heterocycles. The SMILES string of the molecule is COc1ccc2c(c1)C(NCCc1ccc(Br)s1)CCC2. The third kappa shape index (κ3) is 3.68. The van der Waals surface area contributed by atoms with E-state index in [-0.39, 0.29) is 0 Å². The molecule has 1 atom stereocenters. The van der Waals surface area contributed by atoms with E-state index in [9.17, 15) is 0 Å². The minimum absolute atomic E-state index is 0.465. The van der Waals surface area contributed by atoms with Gasteiger partial charge in [0.1, 0.15) is 5.75 Å². The van der Waals surface area contributed by atoms with Crippen molar-refractivity contribution in [3.8, 4) is 5.75 Å². The first-order valence-electron chi connectivity index (χ1n) is 7.40. The first kappa shape index (κ1) is 15.1. The Bertz CT molecular complexity index is 611. The summed E-state index contributed by atoms with van der Waals surface area (Å²) in [5.74, 6) is 0.963. The Labute approximate surface area is 138 Å². The van der Waals surface area contributed by atoms with Crippen molar-refractivity contribution in [2.24, 2.45) is 0 Å². The molecule has 21 heavy (non-hydrogen) atoms. The van der Waals surface area contributed by atoms with E-state index in [1.54, 1.807) is 7.11 Å². The summed E-state index contributed by atoms with van der Waals surface area (Å²) in [7, 11) is 1.74. The molecule has 1 heterocycles. The molecule has 4 heteroatoms. The van der Waals surface area contributed by atoms with Crippen molar-refractivity contribution in [3.05, 3.63) is 50.1 Å². The number of ether oxygens (including phenoxy) is 1. The van der Waals surface area contributed by atoms with Crippen molar-refractivity contribution in [2.75, 3.05) is 13.7 Å². The van der Waals surface area contributed by atoms with Gasteiger partial charge in [-0.25, -0.2) is 0 Å². The summed E-state index contributed by atoms with van der Waals surface area (Å²) < 4.78 is 6.59. The first-order chi connectivity index (χ1) is 10.3. The van der Waals surface area contributed by atoms with Crippen molar-refractivity contribution < 1.29 is 4.74 Å². The molecule has 0 saturated carbocycles. The second-order valence-corrected chi connectivity index (χ2v) is 7.97. The molecule has 2 aromatic rings. The van der Waals surface area contributed by atoms with Gasteiger partial charge in [-0.1, -0.05) is 6.07 Å². The highest BCUT2D eigenvalue weighted by molar-refractivity contribution is 9.11. The molecule has 0 bridgehead atoms. The molecule has 1 aromatic carbocycles. The number of thiophene rings is 1. The Kier molecular flexibility index (Phi) is 4.99. The van der Waals surface area contributed by atoms with Crippen molar-refractivity contribution >= 4 is 27.3 Å². The molecule has 1 aliphatic carbocycles. The Hall–Kier alpha value is -0.840. The average molecular weight is 366 g/mol. The molecule has 1 aliphatic rings. The van der Waals surface area contributed by atoms with Gasteiger partial charge in [-0.15, -0.1) is 11.3 Å². The molecule has 0 radical (unpaired) electrons. The maximum atomic E-state index is 5.37. The second-order valence-electron chi connectivity index (χ2n) is 5.42. The molecular formula is C17H20BrNOS. The maximum absolute atomic E-state index is 5.37. The summed E-state index contributed by atoms with van der Waals surface area (Å²) in [6.45, 7) is 1.02. The summed E-state index contributed by atoms with van der Waals surface area (Å²) >= 11 is 5.34. The molecule has 0 fully saturated rings. The second kappa shape index (κ2) is 6.95. The zero-order chi connectivity index (χ0) is 14.7. The maximum Gasteiger partial charge on any atom is 0.119 e. The molecule has 1 N–H and O–H groups in total. The van der Waals surface area contributed by atoms with Crippen LogP contribution in [0, 0.1) is 0 Å². The van der Waals surface area contributed by atoms with Gasteiger partial charge in [0.05, 0.1) is 10.9 Å². The van der Waals surface area contributed by atoms with E-state index in [2.05, 4.69) is 51.6 Å². The Morgan fingerprint density at radius 3 is 3.00 bits per heavy atom. The standard InChI is InChI=1S/C17H20BrNOS/c1-20-13-6-5-12-3-2-4-16(15(12)11-13)19-10-9-14-7-8-17(18)21-14/h5-8,11,16,19H,2-4,9-10H2,1H3. The molecular weight excluding hydrogens is 346 g/mol. The van der Waals surface area contributed by atoms with Crippen LogP contribution in [0.1, 0.15) is 34.9 Å². The molecule has 1 aromatic heterocycles. The van der Waals surface area contributed by atoms with E-state index in [0.717, 1.165) is 18.7 Å². The lowest BCUT2D eigenvalue weighted by molar-refractivity contribution is 0.409. The van der Waals surface area contributed by atoms with E-state index >= 15 is 0 Å². The van der Waals surface area contributed by atoms with Crippen molar-refractivity contribution in [3.63, 3.8) is 0 Å². The molecule has 0 spiro atoms. The molecule has 3 rings (SSSR count). The summed E-state index contributed by atoms with van der Waals surface area (Å²) in [5.41, 5.74) is 2.89. The Morgan fingerprint density at radius 1 is 1.33 bits per heavy atom. The summed E-state index contributed by atoms with van der Waals surface area (Å²) in [4.78, 5) is 1.43. The van der Waals surface area contributed by atoms with Gasteiger partial charge in [0.2, 0.25) is 0 Å². The minimum atomic E-state index is 0.465. The topological polar surface area (TPSA) is 21.3 Å². The van der Waals surface area contributed by atoms with Crippen LogP contribution < -0.4 is 10.1 Å². The smallest absolute Gasteiger partial charge is 0.119 e. The van der Waals surface area contributed by atoms with Crippen molar-refractivity contribution in [2.45, 2.75) is 31.7 Å². The van der Waals surface area contributed by atoms with E-state index in [1.165, 1.54) is 39.1 Å². The van der Waals surface area contributed by atoms with Gasteiger partial charge in [-0.3, -0.25) is 0 Å². The molecule has 2 nitrogen and oxygen atoms in total. The number of hydrogen-bond acceptors (Lipinski definition) is 3. The number of methoxy groups -OCH3 is 1. The number of hydrogen-bond donors (Lipinski definition) is 1. The van der Waals surface area contributed by atoms with Crippen LogP contribution >= 0.6 is 27.3 Å². The van der Waals surface area contributed by atoms with Crippen molar-refractivity contribution in [1.29, 1.82) is 0 Å². The Balaban J connectivity index is 1.64. The molecule has 0 saturated heterocycles. The van der Waals surface area contributed by atoms with Gasteiger partial charge in [0.25, 0.3) is 0 Å². The monoisotopic (exact) mass is 365 g/mol. The fourth-order valence-corrected chi connectivity index (χ4v) is 4.45. The van der Waals surface area contributed by atoms with Crippen LogP contribution in [-0.4, -0.2) is 13.7 Å². The summed E-state index contributed by atoms with van der Waals surface area (Å²) in [6.07, 6.45) is 4.76. The lowest BCUT2D eigenvalue weighted by Gasteiger charge is -2.27. The lowest BCUT2D eigenvalue weighted by Crippen LogP contribution is -2.27. The molecule has 1 unspecified atom stereocenters. The zero-order valence-corrected chi connectivity index (χ0v) is 14.6. The number of fused-ring (bicyclic) bond motifs is 1. The average Bonchev–Trinajstić information content (AvgIpc) is 2.92. The van der Waals surface area contributed by atoms with E-state index in [4.69, 9.17) is 4.74 Å². The number of halogens is 1. The number of aryl methyl sites for hydroxylation is 1. The quantitative estimate of drug-likeness (QED) is 0.826. The number of nitrogens with one attached hydrogen (secondary N) is 1. The van der Waals surface area contributed by atoms with Crippen LogP contribution in [0.25, 0.3) is 0 Å². The van der Waals surface area contributed by atoms with Crippen LogP contribution in [0.5, 0.6) is 5.75 Å². The minimum Gasteiger partial charge on any atom is -0.497 e. The highest BCUT2D eigenvalue weighted by Gasteiger charge is 2.20. The van der Waals surface area contributed by atoms with Crippen LogP contribution in [0.15, 0.2) is 34.1 Å². The lowest BCUT2D eigenvalue weighted by atomic mass is 9.87. The molecule has 0 amide bonds. The van der Waals surface area contributed by atoms with Crippen LogP contribution in [0.2, 0.25) is 0 Å². The summed E-state index contributed by atoms with van der Waals surface area (Å²) in [5, 5.41) is 3.72. The van der Waals surface area contributed by atoms with Gasteiger partial charge in [0, 0.05) is 17.5 Å². The first-order valence-corrected chi connectivity index (χ1v) is 9.01. The fraction of sp³-hybridized carbons (Fsp3) is 0.412. The van der Waals surface area contributed by atoms with Gasteiger partial charge in [0.15, 0.2) is 0 Å². The van der Waals surface area contributed by atoms with Crippen LogP contribution in [0.4, 0.5) is 0 Å². The fourth-order valence-electron chi connectivity index (χ4n) is 2.97. The highest BCUT2D eigenvalue weighted by Crippen LogP contribution is 2.32. The predicted octanol–water partition coefficient (Wildman–Crippen LogP) is 4.73. The third-order valence-corrected chi connectivity index (χ3v) is 5.74. The largest absolute Gasteiger partial charge is 0.497 e. The number of benzene rings is 1. The van der Waals surface area contributed by atoms with E-state index in [0.29, 0.717) is 6.04 Å². The number of rotatable bonds is 5. The van der Waals surface area contributed by atoms with Gasteiger partial charge >= 0.3 is 0 Å². The highest BCUT2D eigenvalue weighted by atomic mass is 79.9. The van der Waals surface area contributed by atoms with Crippen molar-refractivity contribution in [1.82, 2.24) is 5.32 Å². The summed E-state index contributed by atoms with van der Waals surface area (Å²) in [6, 6.07) is 11.3. The molecule has 112 valence electrons. The van der Waals surface area contributed by atoms with E-state index in [1.807, 2.05) is 11.3 Å². The third-order valence-electron chi connectivity index (χ3n) is 4.06. The Morgan fingerprint density at radius 2 is 2.24 bits per heavy atom. The van der Waals surface area contributed by atoms with Crippen LogP contribution in [0.3, 0.4) is 0 Å². The van der Waals surface area contributed by atoms with Gasteiger partial charge < -0.3 is 10.1 Å². The van der Waals surface area contributed by atoms with Crippen LogP contribution in [-0.2, 0) is 12.8 Å². The van der Waals surface area contributed by atoms with Gasteiger partial charge in [-0.05, 0) is 77.0 Å². The van der Waals surface area contributed by atoms with Gasteiger partial charge in [-0.2, -0.15) is 0 Å². The zero-order valence-electron chi connectivity index (χ0n) is 12.2.